The van der Waals surface area contributed by atoms with E-state index >= 15 is 0 Å². The zero-order chi connectivity index (χ0) is 19.1. The lowest BCUT2D eigenvalue weighted by Gasteiger charge is -2.16. The van der Waals surface area contributed by atoms with Crippen LogP contribution in [0.5, 0.6) is 17.2 Å². The van der Waals surface area contributed by atoms with E-state index in [4.69, 9.17) is 9.47 Å². The summed E-state index contributed by atoms with van der Waals surface area (Å²) in [5.41, 5.74) is 1.56. The van der Waals surface area contributed by atoms with Gasteiger partial charge in [-0.15, -0.1) is 0 Å². The van der Waals surface area contributed by atoms with Gasteiger partial charge in [-0.1, -0.05) is 18.2 Å². The third kappa shape index (κ3) is 5.25. The first kappa shape index (κ1) is 18.3. The fourth-order valence-electron chi connectivity index (χ4n) is 2.48. The number of nitrogens with one attached hydrogen (secondary N) is 2. The molecule has 3 aromatic carbocycles. The third-order valence-corrected chi connectivity index (χ3v) is 3.97. The average Bonchev–Trinajstić information content (AvgIpc) is 2.71. The zero-order valence-corrected chi connectivity index (χ0v) is 15.3. The lowest BCUT2D eigenvalue weighted by atomic mass is 10.2. The molecule has 27 heavy (non-hydrogen) atoms. The summed E-state index contributed by atoms with van der Waals surface area (Å²) in [6, 6.07) is 23.9. The van der Waals surface area contributed by atoms with E-state index in [2.05, 4.69) is 10.6 Å². The fourth-order valence-corrected chi connectivity index (χ4v) is 2.48. The van der Waals surface area contributed by atoms with E-state index in [0.717, 1.165) is 28.6 Å². The van der Waals surface area contributed by atoms with E-state index in [0.29, 0.717) is 0 Å². The van der Waals surface area contributed by atoms with Gasteiger partial charge in [0.1, 0.15) is 23.3 Å². The summed E-state index contributed by atoms with van der Waals surface area (Å²) in [7, 11) is 1.61. The molecule has 5 nitrogen and oxygen atoms in total. The van der Waals surface area contributed by atoms with Crippen molar-refractivity contribution in [3.8, 4) is 17.2 Å². The van der Waals surface area contributed by atoms with Crippen molar-refractivity contribution in [1.29, 1.82) is 0 Å². The van der Waals surface area contributed by atoms with Crippen molar-refractivity contribution in [2.24, 2.45) is 0 Å². The monoisotopic (exact) mass is 362 g/mol. The Morgan fingerprint density at radius 3 is 1.96 bits per heavy atom. The van der Waals surface area contributed by atoms with Crippen LogP contribution in [-0.4, -0.2) is 19.1 Å². The molecule has 0 aliphatic carbocycles. The summed E-state index contributed by atoms with van der Waals surface area (Å²) < 4.78 is 10.9. The van der Waals surface area contributed by atoms with E-state index in [1.165, 1.54) is 0 Å². The van der Waals surface area contributed by atoms with Gasteiger partial charge in [-0.3, -0.25) is 4.79 Å². The van der Waals surface area contributed by atoms with Crippen LogP contribution >= 0.6 is 0 Å². The number of anilines is 2. The lowest BCUT2D eigenvalue weighted by molar-refractivity contribution is -0.116. The van der Waals surface area contributed by atoms with Crippen LogP contribution in [0.4, 0.5) is 11.4 Å². The van der Waals surface area contributed by atoms with Crippen molar-refractivity contribution in [2.75, 3.05) is 17.7 Å². The van der Waals surface area contributed by atoms with Crippen molar-refractivity contribution >= 4 is 17.3 Å². The maximum absolute atomic E-state index is 12.3. The van der Waals surface area contributed by atoms with E-state index in [9.17, 15) is 4.79 Å². The predicted octanol–water partition coefficient (Wildman–Crippen LogP) is 4.93. The molecule has 1 unspecified atom stereocenters. The summed E-state index contributed by atoms with van der Waals surface area (Å²) in [5, 5.41) is 6.06. The lowest BCUT2D eigenvalue weighted by Crippen LogP contribution is -2.31. The van der Waals surface area contributed by atoms with Gasteiger partial charge in [-0.05, 0) is 67.6 Å². The van der Waals surface area contributed by atoms with Gasteiger partial charge >= 0.3 is 0 Å². The average molecular weight is 362 g/mol. The van der Waals surface area contributed by atoms with Gasteiger partial charge in [0.2, 0.25) is 5.91 Å². The molecule has 3 rings (SSSR count). The smallest absolute Gasteiger partial charge is 0.246 e. The summed E-state index contributed by atoms with van der Waals surface area (Å²) in [5.74, 6) is 2.15. The third-order valence-electron chi connectivity index (χ3n) is 3.97. The number of carbonyl (C=O) groups is 1. The number of rotatable bonds is 7. The molecule has 0 heterocycles. The largest absolute Gasteiger partial charge is 0.497 e. The Hall–Kier alpha value is -3.47. The van der Waals surface area contributed by atoms with Crippen LogP contribution in [0, 0.1) is 0 Å². The molecule has 0 saturated heterocycles. The standard InChI is InChI=1S/C22H22N2O3/c1-16(22(25)24-18-8-12-19(26-2)13-9-18)23-17-10-14-21(15-11-17)27-20-6-4-3-5-7-20/h3-16,23H,1-2H3,(H,24,25). The SMILES string of the molecule is COc1ccc(NC(=O)C(C)Nc2ccc(Oc3ccccc3)cc2)cc1. The summed E-state index contributed by atoms with van der Waals surface area (Å²) >= 11 is 0. The number of carbonyl (C=O) groups excluding carboxylic acids is 1. The Morgan fingerprint density at radius 2 is 1.33 bits per heavy atom. The summed E-state index contributed by atoms with van der Waals surface area (Å²) in [6.45, 7) is 1.81. The van der Waals surface area contributed by atoms with E-state index in [-0.39, 0.29) is 5.91 Å². The molecule has 3 aromatic rings. The maximum atomic E-state index is 12.3. The normalized spacial score (nSPS) is 11.3. The fraction of sp³-hybridized carbons (Fsp3) is 0.136. The molecule has 1 amide bonds. The molecule has 0 radical (unpaired) electrons. The Bertz CT molecular complexity index is 862. The Morgan fingerprint density at radius 1 is 0.778 bits per heavy atom. The second-order valence-electron chi connectivity index (χ2n) is 6.02. The molecular formula is C22H22N2O3. The number of hydrogen-bond donors (Lipinski definition) is 2. The van der Waals surface area contributed by atoms with Crippen LogP contribution in [0.2, 0.25) is 0 Å². The van der Waals surface area contributed by atoms with Crippen molar-refractivity contribution < 1.29 is 14.3 Å². The molecule has 0 bridgehead atoms. The molecule has 0 aromatic heterocycles. The highest BCUT2D eigenvalue weighted by molar-refractivity contribution is 5.96. The van der Waals surface area contributed by atoms with Crippen LogP contribution in [-0.2, 0) is 4.79 Å². The van der Waals surface area contributed by atoms with Gasteiger partial charge in [0.25, 0.3) is 0 Å². The molecule has 2 N–H and O–H groups in total. The molecule has 0 saturated carbocycles. The van der Waals surface area contributed by atoms with E-state index in [1.807, 2.05) is 61.5 Å². The summed E-state index contributed by atoms with van der Waals surface area (Å²) in [4.78, 5) is 12.3. The Balaban J connectivity index is 1.54. The van der Waals surface area contributed by atoms with Gasteiger partial charge in [0.15, 0.2) is 0 Å². The molecular weight excluding hydrogens is 340 g/mol. The number of ether oxygens (including phenoxy) is 2. The van der Waals surface area contributed by atoms with Crippen LogP contribution < -0.4 is 20.1 Å². The van der Waals surface area contributed by atoms with E-state index < -0.39 is 6.04 Å². The predicted molar refractivity (Wildman–Crippen MR) is 108 cm³/mol. The summed E-state index contributed by atoms with van der Waals surface area (Å²) in [6.07, 6.45) is 0. The maximum Gasteiger partial charge on any atom is 0.246 e. The number of amides is 1. The first-order chi connectivity index (χ1) is 13.1. The topological polar surface area (TPSA) is 59.6 Å². The number of methoxy groups -OCH3 is 1. The Labute approximate surface area is 158 Å². The van der Waals surface area contributed by atoms with Crippen molar-refractivity contribution in [3.63, 3.8) is 0 Å². The number of hydrogen-bond acceptors (Lipinski definition) is 4. The van der Waals surface area contributed by atoms with Gasteiger partial charge in [-0.2, -0.15) is 0 Å². The van der Waals surface area contributed by atoms with Crippen LogP contribution in [0.25, 0.3) is 0 Å². The molecule has 0 fully saturated rings. The highest BCUT2D eigenvalue weighted by Crippen LogP contribution is 2.23. The van der Waals surface area contributed by atoms with Crippen molar-refractivity contribution in [3.05, 3.63) is 78.9 Å². The first-order valence-electron chi connectivity index (χ1n) is 8.68. The highest BCUT2D eigenvalue weighted by Gasteiger charge is 2.13. The zero-order valence-electron chi connectivity index (χ0n) is 15.3. The van der Waals surface area contributed by atoms with E-state index in [1.54, 1.807) is 31.4 Å². The van der Waals surface area contributed by atoms with Crippen LogP contribution in [0.15, 0.2) is 78.9 Å². The minimum Gasteiger partial charge on any atom is -0.497 e. The number of para-hydroxylation sites is 1. The molecule has 0 spiro atoms. The quantitative estimate of drug-likeness (QED) is 0.626. The van der Waals surface area contributed by atoms with Gasteiger partial charge in [0, 0.05) is 11.4 Å². The Kier molecular flexibility index (Phi) is 5.94. The van der Waals surface area contributed by atoms with Gasteiger partial charge in [0.05, 0.1) is 7.11 Å². The van der Waals surface area contributed by atoms with Gasteiger partial charge in [-0.25, -0.2) is 0 Å². The van der Waals surface area contributed by atoms with Gasteiger partial charge < -0.3 is 20.1 Å². The van der Waals surface area contributed by atoms with Crippen LogP contribution in [0.1, 0.15) is 6.92 Å². The minimum atomic E-state index is -0.395. The molecule has 1 atom stereocenters. The molecule has 0 aliphatic rings. The minimum absolute atomic E-state index is 0.121. The van der Waals surface area contributed by atoms with Crippen LogP contribution in [0.3, 0.4) is 0 Å². The molecule has 138 valence electrons. The van der Waals surface area contributed by atoms with Crippen molar-refractivity contribution in [2.45, 2.75) is 13.0 Å². The highest BCUT2D eigenvalue weighted by atomic mass is 16.5. The second-order valence-corrected chi connectivity index (χ2v) is 6.02. The first-order valence-corrected chi connectivity index (χ1v) is 8.68. The molecule has 5 heteroatoms. The second kappa shape index (κ2) is 8.76. The van der Waals surface area contributed by atoms with Crippen molar-refractivity contribution in [1.82, 2.24) is 0 Å². The number of benzene rings is 3. The molecule has 0 aliphatic heterocycles.